The molecule has 0 saturated heterocycles. The minimum Gasteiger partial charge on any atom is -0.454 e. The van der Waals surface area contributed by atoms with E-state index in [9.17, 15) is 9.59 Å². The average molecular weight is 378 g/mol. The number of rotatable bonds is 5. The smallest absolute Gasteiger partial charge is 0.267 e. The fourth-order valence-corrected chi connectivity index (χ4v) is 2.87. The maximum absolute atomic E-state index is 12.6. The fourth-order valence-electron chi connectivity index (χ4n) is 2.87. The van der Waals surface area contributed by atoms with Crippen molar-refractivity contribution in [3.05, 3.63) is 70.8 Å². The lowest BCUT2D eigenvalue weighted by Gasteiger charge is -2.15. The van der Waals surface area contributed by atoms with Crippen LogP contribution < -0.4 is 20.3 Å². The number of benzene rings is 1. The SMILES string of the molecule is CC(C(=O)NCc1ccc2c(c1)OCO2)n1nc(-c2cccnc2)ccc1=O. The van der Waals surface area contributed by atoms with Gasteiger partial charge in [-0.1, -0.05) is 6.07 Å². The molecule has 0 bridgehead atoms. The molecule has 1 N–H and O–H groups in total. The Morgan fingerprint density at radius 1 is 1.21 bits per heavy atom. The molecule has 1 unspecified atom stereocenters. The third-order valence-electron chi connectivity index (χ3n) is 4.43. The number of ether oxygens (including phenoxy) is 2. The first-order valence-electron chi connectivity index (χ1n) is 8.78. The Balaban J connectivity index is 1.48. The van der Waals surface area contributed by atoms with Crippen LogP contribution in [0.15, 0.2) is 59.7 Å². The molecule has 1 atom stereocenters. The molecule has 8 heteroatoms. The van der Waals surface area contributed by atoms with Crippen LogP contribution in [0, 0.1) is 0 Å². The Kier molecular flexibility index (Phi) is 4.76. The topological polar surface area (TPSA) is 95.3 Å². The van der Waals surface area contributed by atoms with E-state index in [2.05, 4.69) is 15.4 Å². The Labute approximate surface area is 160 Å². The Morgan fingerprint density at radius 3 is 2.89 bits per heavy atom. The molecule has 3 aromatic rings. The van der Waals surface area contributed by atoms with Gasteiger partial charge in [0.15, 0.2) is 11.5 Å². The molecule has 1 aromatic carbocycles. The number of hydrogen-bond acceptors (Lipinski definition) is 6. The third-order valence-corrected chi connectivity index (χ3v) is 4.43. The van der Waals surface area contributed by atoms with Crippen molar-refractivity contribution < 1.29 is 14.3 Å². The minimum atomic E-state index is -0.766. The zero-order chi connectivity index (χ0) is 19.5. The summed E-state index contributed by atoms with van der Waals surface area (Å²) in [6.07, 6.45) is 3.31. The van der Waals surface area contributed by atoms with Crippen molar-refractivity contribution in [2.24, 2.45) is 0 Å². The molecule has 0 fully saturated rings. The van der Waals surface area contributed by atoms with Gasteiger partial charge in [0, 0.05) is 30.6 Å². The minimum absolute atomic E-state index is 0.198. The highest BCUT2D eigenvalue weighted by Crippen LogP contribution is 2.32. The Hall–Kier alpha value is -3.68. The van der Waals surface area contributed by atoms with E-state index in [1.54, 1.807) is 37.5 Å². The van der Waals surface area contributed by atoms with E-state index in [1.165, 1.54) is 10.7 Å². The summed E-state index contributed by atoms with van der Waals surface area (Å²) >= 11 is 0. The number of pyridine rings is 1. The van der Waals surface area contributed by atoms with Gasteiger partial charge in [-0.25, -0.2) is 4.68 Å². The highest BCUT2D eigenvalue weighted by atomic mass is 16.7. The zero-order valence-corrected chi connectivity index (χ0v) is 15.2. The summed E-state index contributed by atoms with van der Waals surface area (Å²) in [5.41, 5.74) is 1.86. The lowest BCUT2D eigenvalue weighted by atomic mass is 10.2. The van der Waals surface area contributed by atoms with Crippen LogP contribution in [0.5, 0.6) is 11.5 Å². The van der Waals surface area contributed by atoms with Gasteiger partial charge in [0.2, 0.25) is 12.7 Å². The summed E-state index contributed by atoms with van der Waals surface area (Å²) < 4.78 is 11.8. The molecule has 0 aliphatic carbocycles. The first kappa shape index (κ1) is 17.7. The largest absolute Gasteiger partial charge is 0.454 e. The molecule has 2 aromatic heterocycles. The van der Waals surface area contributed by atoms with Gasteiger partial charge >= 0.3 is 0 Å². The molecule has 3 heterocycles. The predicted molar refractivity (Wildman–Crippen MR) is 101 cm³/mol. The zero-order valence-electron chi connectivity index (χ0n) is 15.2. The molecule has 28 heavy (non-hydrogen) atoms. The molecule has 0 spiro atoms. The van der Waals surface area contributed by atoms with Gasteiger partial charge < -0.3 is 14.8 Å². The molecular formula is C20H18N4O4. The monoisotopic (exact) mass is 378 g/mol. The highest BCUT2D eigenvalue weighted by molar-refractivity contribution is 5.79. The van der Waals surface area contributed by atoms with Crippen molar-refractivity contribution in [3.8, 4) is 22.8 Å². The van der Waals surface area contributed by atoms with Crippen molar-refractivity contribution in [1.29, 1.82) is 0 Å². The number of nitrogens with zero attached hydrogens (tertiary/aromatic N) is 3. The van der Waals surface area contributed by atoms with Crippen LogP contribution in [0.1, 0.15) is 18.5 Å². The van der Waals surface area contributed by atoms with Gasteiger partial charge in [0.1, 0.15) is 6.04 Å². The summed E-state index contributed by atoms with van der Waals surface area (Å²) in [6, 6.07) is 11.4. The van der Waals surface area contributed by atoms with E-state index in [0.29, 0.717) is 23.7 Å². The molecule has 1 aliphatic rings. The van der Waals surface area contributed by atoms with Crippen LogP contribution >= 0.6 is 0 Å². The molecule has 0 saturated carbocycles. The number of hydrogen-bond donors (Lipinski definition) is 1. The Bertz CT molecular complexity index is 1070. The molecular weight excluding hydrogens is 360 g/mol. The summed E-state index contributed by atoms with van der Waals surface area (Å²) in [7, 11) is 0. The van der Waals surface area contributed by atoms with Crippen LogP contribution in [-0.2, 0) is 11.3 Å². The van der Waals surface area contributed by atoms with E-state index in [1.807, 2.05) is 18.2 Å². The number of amides is 1. The van der Waals surface area contributed by atoms with Crippen molar-refractivity contribution in [1.82, 2.24) is 20.1 Å². The number of carbonyl (C=O) groups excluding carboxylic acids is 1. The van der Waals surface area contributed by atoms with Crippen molar-refractivity contribution >= 4 is 5.91 Å². The molecule has 4 rings (SSSR count). The lowest BCUT2D eigenvalue weighted by Crippen LogP contribution is -2.36. The van der Waals surface area contributed by atoms with E-state index < -0.39 is 6.04 Å². The maximum Gasteiger partial charge on any atom is 0.267 e. The van der Waals surface area contributed by atoms with Gasteiger partial charge in [-0.3, -0.25) is 14.6 Å². The van der Waals surface area contributed by atoms with E-state index in [4.69, 9.17) is 9.47 Å². The molecule has 1 amide bonds. The highest BCUT2D eigenvalue weighted by Gasteiger charge is 2.19. The van der Waals surface area contributed by atoms with Crippen molar-refractivity contribution in [2.45, 2.75) is 19.5 Å². The average Bonchev–Trinajstić information content (AvgIpc) is 3.20. The first-order valence-corrected chi connectivity index (χ1v) is 8.78. The first-order chi connectivity index (χ1) is 13.6. The summed E-state index contributed by atoms with van der Waals surface area (Å²) in [6.45, 7) is 2.14. The second kappa shape index (κ2) is 7.51. The van der Waals surface area contributed by atoms with Gasteiger partial charge in [0.05, 0.1) is 5.69 Å². The number of carbonyl (C=O) groups is 1. The van der Waals surface area contributed by atoms with E-state index in [-0.39, 0.29) is 18.3 Å². The molecule has 142 valence electrons. The van der Waals surface area contributed by atoms with E-state index in [0.717, 1.165) is 11.1 Å². The lowest BCUT2D eigenvalue weighted by molar-refractivity contribution is -0.124. The normalized spacial score (nSPS) is 13.2. The van der Waals surface area contributed by atoms with Crippen LogP contribution in [-0.4, -0.2) is 27.5 Å². The predicted octanol–water partition coefficient (Wildman–Crippen LogP) is 1.91. The van der Waals surface area contributed by atoms with Gasteiger partial charge in [-0.2, -0.15) is 5.10 Å². The summed E-state index contributed by atoms with van der Waals surface area (Å²) in [5, 5.41) is 7.16. The maximum atomic E-state index is 12.6. The second-order valence-corrected chi connectivity index (χ2v) is 6.32. The number of fused-ring (bicyclic) bond motifs is 1. The van der Waals surface area contributed by atoms with Gasteiger partial charge in [-0.15, -0.1) is 0 Å². The number of aromatic nitrogens is 3. The third kappa shape index (κ3) is 3.57. The second-order valence-electron chi connectivity index (χ2n) is 6.32. The van der Waals surface area contributed by atoms with Crippen molar-refractivity contribution in [2.75, 3.05) is 6.79 Å². The van der Waals surface area contributed by atoms with Gasteiger partial charge in [-0.05, 0) is 42.8 Å². The molecule has 8 nitrogen and oxygen atoms in total. The fraction of sp³-hybridized carbons (Fsp3) is 0.200. The number of nitrogens with one attached hydrogen (secondary N) is 1. The summed E-state index contributed by atoms with van der Waals surface area (Å²) in [4.78, 5) is 28.9. The summed E-state index contributed by atoms with van der Waals surface area (Å²) in [5.74, 6) is 1.03. The van der Waals surface area contributed by atoms with Crippen LogP contribution in [0.4, 0.5) is 0 Å². The standard InChI is InChI=1S/C20H18N4O4/c1-13(20(26)22-10-14-4-6-17-18(9-14)28-12-27-17)24-19(25)7-5-16(23-24)15-3-2-8-21-11-15/h2-9,11,13H,10,12H2,1H3,(H,22,26). The van der Waals surface area contributed by atoms with Crippen LogP contribution in [0.2, 0.25) is 0 Å². The molecule has 1 aliphatic heterocycles. The quantitative estimate of drug-likeness (QED) is 0.729. The van der Waals surface area contributed by atoms with Crippen LogP contribution in [0.3, 0.4) is 0 Å². The van der Waals surface area contributed by atoms with Crippen molar-refractivity contribution in [3.63, 3.8) is 0 Å². The van der Waals surface area contributed by atoms with E-state index >= 15 is 0 Å². The van der Waals surface area contributed by atoms with Crippen LogP contribution in [0.25, 0.3) is 11.3 Å². The Morgan fingerprint density at radius 2 is 2.07 bits per heavy atom. The van der Waals surface area contributed by atoms with Gasteiger partial charge in [0.25, 0.3) is 5.56 Å². The molecule has 0 radical (unpaired) electrons.